The van der Waals surface area contributed by atoms with E-state index in [1.807, 2.05) is 13.8 Å². The molecule has 0 unspecified atom stereocenters. The van der Waals surface area contributed by atoms with E-state index in [9.17, 15) is 12.8 Å². The van der Waals surface area contributed by atoms with Gasteiger partial charge in [-0.15, -0.1) is 0 Å². The van der Waals surface area contributed by atoms with Gasteiger partial charge in [0.25, 0.3) is 0 Å². The zero-order chi connectivity index (χ0) is 12.2. The lowest BCUT2D eigenvalue weighted by Gasteiger charge is -2.08. The Kier molecular flexibility index (Phi) is 4.44. The van der Waals surface area contributed by atoms with Crippen molar-refractivity contribution in [2.75, 3.05) is 12.4 Å². The third-order valence-electron chi connectivity index (χ3n) is 1.96. The fourth-order valence-electron chi connectivity index (χ4n) is 1.17. The van der Waals surface area contributed by atoms with Gasteiger partial charge >= 0.3 is 0 Å². The topological polar surface area (TPSA) is 43.4 Å². The van der Waals surface area contributed by atoms with E-state index in [1.54, 1.807) is 0 Å². The Morgan fingerprint density at radius 1 is 1.38 bits per heavy atom. The largest absolute Gasteiger partial charge is 0.378 e. The van der Waals surface area contributed by atoms with Crippen molar-refractivity contribution < 1.29 is 17.5 Å². The second kappa shape index (κ2) is 5.41. The second-order valence-electron chi connectivity index (χ2n) is 3.70. The molecule has 0 amide bonds. The first-order chi connectivity index (χ1) is 7.42. The fourth-order valence-corrected chi connectivity index (χ4v) is 2.30. The van der Waals surface area contributed by atoms with Crippen LogP contribution in [-0.2, 0) is 14.6 Å². The third kappa shape index (κ3) is 3.90. The van der Waals surface area contributed by atoms with Crippen molar-refractivity contribution in [3.63, 3.8) is 0 Å². The first-order valence-corrected chi connectivity index (χ1v) is 6.67. The molecule has 1 aromatic rings. The van der Waals surface area contributed by atoms with Crippen LogP contribution in [0.5, 0.6) is 0 Å². The fraction of sp³-hybridized carbons (Fsp3) is 0.455. The Labute approximate surface area is 95.2 Å². The van der Waals surface area contributed by atoms with Gasteiger partial charge < -0.3 is 4.74 Å². The summed E-state index contributed by atoms with van der Waals surface area (Å²) in [5.41, 5.74) is 0. The van der Waals surface area contributed by atoms with Crippen LogP contribution in [0.15, 0.2) is 29.2 Å². The van der Waals surface area contributed by atoms with Gasteiger partial charge in [-0.3, -0.25) is 0 Å². The maximum Gasteiger partial charge on any atom is 0.180 e. The molecule has 0 heterocycles. The van der Waals surface area contributed by atoms with Gasteiger partial charge in [-0.1, -0.05) is 6.07 Å². The summed E-state index contributed by atoms with van der Waals surface area (Å²) in [4.78, 5) is -0.000133. The predicted molar refractivity (Wildman–Crippen MR) is 59.5 cm³/mol. The van der Waals surface area contributed by atoms with E-state index in [0.717, 1.165) is 6.07 Å². The molecule has 0 aromatic heterocycles. The zero-order valence-corrected chi connectivity index (χ0v) is 10.1. The molecule has 0 aliphatic carbocycles. The summed E-state index contributed by atoms with van der Waals surface area (Å²) >= 11 is 0. The van der Waals surface area contributed by atoms with Crippen molar-refractivity contribution in [2.45, 2.75) is 24.8 Å². The Bertz CT molecular complexity index is 440. The molecule has 0 N–H and O–H groups in total. The van der Waals surface area contributed by atoms with Crippen molar-refractivity contribution in [1.82, 2.24) is 0 Å². The molecule has 0 aliphatic rings. The standard InChI is InChI=1S/C11H15FO3S/c1-9(2)15-6-7-16(13,14)11-5-3-4-10(12)8-11/h3-5,8-9H,6-7H2,1-2H3. The molecule has 0 radical (unpaired) electrons. The Morgan fingerprint density at radius 2 is 2.06 bits per heavy atom. The number of ether oxygens (including phenoxy) is 1. The minimum atomic E-state index is -3.44. The lowest BCUT2D eigenvalue weighted by atomic mass is 10.4. The van der Waals surface area contributed by atoms with Gasteiger partial charge in [-0.05, 0) is 32.0 Å². The Hall–Kier alpha value is -0.940. The van der Waals surface area contributed by atoms with E-state index < -0.39 is 15.7 Å². The van der Waals surface area contributed by atoms with Crippen LogP contribution < -0.4 is 0 Å². The highest BCUT2D eigenvalue weighted by Gasteiger charge is 2.14. The van der Waals surface area contributed by atoms with Crippen LogP contribution in [0.3, 0.4) is 0 Å². The van der Waals surface area contributed by atoms with E-state index >= 15 is 0 Å². The monoisotopic (exact) mass is 246 g/mol. The molecule has 0 spiro atoms. The van der Waals surface area contributed by atoms with Gasteiger partial charge in [0, 0.05) is 0 Å². The summed E-state index contributed by atoms with van der Waals surface area (Å²) in [7, 11) is -3.44. The Morgan fingerprint density at radius 3 is 2.62 bits per heavy atom. The molecule has 5 heteroatoms. The van der Waals surface area contributed by atoms with Crippen LogP contribution in [0.2, 0.25) is 0 Å². The molecule has 0 saturated carbocycles. The van der Waals surface area contributed by atoms with E-state index in [-0.39, 0.29) is 23.4 Å². The van der Waals surface area contributed by atoms with Crippen LogP contribution in [0.4, 0.5) is 4.39 Å². The molecule has 90 valence electrons. The third-order valence-corrected chi connectivity index (χ3v) is 3.63. The van der Waals surface area contributed by atoms with Crippen molar-refractivity contribution in [3.8, 4) is 0 Å². The van der Waals surface area contributed by atoms with E-state index in [4.69, 9.17) is 4.74 Å². The average molecular weight is 246 g/mol. The summed E-state index contributed by atoms with van der Waals surface area (Å²) in [5, 5.41) is 0. The van der Waals surface area contributed by atoms with Crippen LogP contribution in [0, 0.1) is 5.82 Å². The van der Waals surface area contributed by atoms with Gasteiger partial charge in [-0.2, -0.15) is 0 Å². The van der Waals surface area contributed by atoms with Crippen molar-refractivity contribution in [1.29, 1.82) is 0 Å². The molecule has 0 saturated heterocycles. The molecular weight excluding hydrogens is 231 g/mol. The van der Waals surface area contributed by atoms with Crippen LogP contribution >= 0.6 is 0 Å². The van der Waals surface area contributed by atoms with E-state index in [0.29, 0.717) is 0 Å². The smallest absolute Gasteiger partial charge is 0.180 e. The van der Waals surface area contributed by atoms with Crippen molar-refractivity contribution >= 4 is 9.84 Å². The first kappa shape index (κ1) is 13.1. The highest BCUT2D eigenvalue weighted by molar-refractivity contribution is 7.91. The molecule has 0 fully saturated rings. The molecular formula is C11H15FO3S. The number of hydrogen-bond acceptors (Lipinski definition) is 3. The number of sulfone groups is 1. The highest BCUT2D eigenvalue weighted by Crippen LogP contribution is 2.12. The van der Waals surface area contributed by atoms with Gasteiger partial charge in [0.15, 0.2) is 9.84 Å². The molecule has 1 rings (SSSR count). The van der Waals surface area contributed by atoms with E-state index in [2.05, 4.69) is 0 Å². The van der Waals surface area contributed by atoms with E-state index in [1.165, 1.54) is 18.2 Å². The quantitative estimate of drug-likeness (QED) is 0.798. The van der Waals surface area contributed by atoms with Crippen LogP contribution in [0.1, 0.15) is 13.8 Å². The zero-order valence-electron chi connectivity index (χ0n) is 9.31. The highest BCUT2D eigenvalue weighted by atomic mass is 32.2. The molecule has 1 aromatic carbocycles. The number of hydrogen-bond donors (Lipinski definition) is 0. The van der Waals surface area contributed by atoms with Crippen molar-refractivity contribution in [2.24, 2.45) is 0 Å². The normalized spacial score (nSPS) is 12.0. The Balaban J connectivity index is 2.71. The SMILES string of the molecule is CC(C)OCCS(=O)(=O)c1cccc(F)c1. The number of halogens is 1. The number of rotatable bonds is 5. The van der Waals surface area contributed by atoms with Gasteiger partial charge in [-0.25, -0.2) is 12.8 Å². The first-order valence-electron chi connectivity index (χ1n) is 5.02. The molecule has 3 nitrogen and oxygen atoms in total. The lowest BCUT2D eigenvalue weighted by Crippen LogP contribution is -2.15. The number of benzene rings is 1. The van der Waals surface area contributed by atoms with Gasteiger partial charge in [0.1, 0.15) is 5.82 Å². The molecule has 0 bridgehead atoms. The molecule has 0 atom stereocenters. The minimum absolute atomic E-state index is 0.000133. The summed E-state index contributed by atoms with van der Waals surface area (Å²) in [6.45, 7) is 3.78. The minimum Gasteiger partial charge on any atom is -0.378 e. The summed E-state index contributed by atoms with van der Waals surface area (Å²) in [6, 6.07) is 4.99. The molecule has 16 heavy (non-hydrogen) atoms. The maximum absolute atomic E-state index is 12.9. The molecule has 0 aliphatic heterocycles. The maximum atomic E-state index is 12.9. The average Bonchev–Trinajstić information content (AvgIpc) is 2.16. The second-order valence-corrected chi connectivity index (χ2v) is 5.80. The summed E-state index contributed by atoms with van der Waals surface area (Å²) in [6.07, 6.45) is -0.0114. The summed E-state index contributed by atoms with van der Waals surface area (Å²) < 4.78 is 41.4. The van der Waals surface area contributed by atoms with Crippen LogP contribution in [0.25, 0.3) is 0 Å². The lowest BCUT2D eigenvalue weighted by molar-refractivity contribution is 0.0912. The van der Waals surface area contributed by atoms with Gasteiger partial charge in [0.05, 0.1) is 23.4 Å². The van der Waals surface area contributed by atoms with Crippen LogP contribution in [-0.4, -0.2) is 26.9 Å². The summed E-state index contributed by atoms with van der Waals surface area (Å²) in [5.74, 6) is -0.680. The van der Waals surface area contributed by atoms with Gasteiger partial charge in [0.2, 0.25) is 0 Å². The van der Waals surface area contributed by atoms with Crippen molar-refractivity contribution in [3.05, 3.63) is 30.1 Å². The predicted octanol–water partition coefficient (Wildman–Crippen LogP) is 2.02.